The largest absolute Gasteiger partial charge is 0.493 e. The van der Waals surface area contributed by atoms with E-state index in [0.717, 1.165) is 9.86 Å². The fourth-order valence-electron chi connectivity index (χ4n) is 3.70. The summed E-state index contributed by atoms with van der Waals surface area (Å²) in [6.45, 7) is 0.0541. The Labute approximate surface area is 208 Å². The number of hydrogen-bond donors (Lipinski definition) is 0. The van der Waals surface area contributed by atoms with Crippen molar-refractivity contribution in [2.45, 2.75) is 0 Å². The minimum atomic E-state index is -0.336. The first-order valence-corrected chi connectivity index (χ1v) is 11.4. The van der Waals surface area contributed by atoms with Crippen molar-refractivity contribution >= 4 is 44.0 Å². The Morgan fingerprint density at radius 1 is 1.17 bits per heavy atom. The van der Waals surface area contributed by atoms with Gasteiger partial charge in [-0.1, -0.05) is 40.0 Å². The van der Waals surface area contributed by atoms with E-state index in [2.05, 4.69) is 27.0 Å². The van der Waals surface area contributed by atoms with E-state index in [1.807, 2.05) is 30.3 Å². The number of aromatic nitrogens is 2. The van der Waals surface area contributed by atoms with Gasteiger partial charge in [0.1, 0.15) is 12.2 Å². The number of terminal acetylenes is 1. The average Bonchev–Trinajstić information content (AvgIpc) is 3.30. The van der Waals surface area contributed by atoms with E-state index in [1.165, 1.54) is 18.0 Å². The molecule has 0 aliphatic carbocycles. The van der Waals surface area contributed by atoms with Crippen molar-refractivity contribution in [3.63, 3.8) is 0 Å². The minimum absolute atomic E-state index is 0.0541. The number of methoxy groups -OCH3 is 1. The molecule has 5 aromatic rings. The van der Waals surface area contributed by atoms with Crippen LogP contribution in [0.5, 0.6) is 11.5 Å². The van der Waals surface area contributed by atoms with Crippen LogP contribution >= 0.6 is 15.9 Å². The number of furan rings is 1. The van der Waals surface area contributed by atoms with Crippen LogP contribution in [-0.2, 0) is 0 Å². The topological polar surface area (TPSA) is 78.9 Å². The van der Waals surface area contributed by atoms with Crippen LogP contribution in [0.25, 0.3) is 33.5 Å². The summed E-state index contributed by atoms with van der Waals surface area (Å²) in [5, 5.41) is 5.79. The van der Waals surface area contributed by atoms with Crippen molar-refractivity contribution in [2.24, 2.45) is 5.10 Å². The lowest BCUT2D eigenvalue weighted by Gasteiger charge is -2.11. The second-order valence-electron chi connectivity index (χ2n) is 7.48. The summed E-state index contributed by atoms with van der Waals surface area (Å²) in [6, 6.07) is 19.9. The van der Waals surface area contributed by atoms with Crippen molar-refractivity contribution in [1.82, 2.24) is 9.66 Å². The summed E-state index contributed by atoms with van der Waals surface area (Å²) >= 11 is 3.47. The van der Waals surface area contributed by atoms with Gasteiger partial charge in [0.15, 0.2) is 17.3 Å². The standard InChI is InChI=1S/C27H18BrN3O4/c1-3-13-34-25-17(7-6-10-23(25)33-2)16-29-31-26(30-21-9-5-4-8-20(21)27(31)32)24-15-18-14-19(28)11-12-22(18)35-24/h1,4-12,14-16H,13H2,2H3. The SMILES string of the molecule is C#CCOc1c(C=Nn2c(-c3cc4cc(Br)ccc4o3)nc3ccccc3c2=O)cccc1OC. The molecule has 0 aliphatic heterocycles. The van der Waals surface area contributed by atoms with Gasteiger partial charge in [0, 0.05) is 15.4 Å². The number of rotatable bonds is 6. The Hall–Kier alpha value is -4.35. The second-order valence-corrected chi connectivity index (χ2v) is 8.39. The summed E-state index contributed by atoms with van der Waals surface area (Å²) in [7, 11) is 1.54. The molecular formula is C27H18BrN3O4. The van der Waals surface area contributed by atoms with Gasteiger partial charge in [-0.2, -0.15) is 9.78 Å². The zero-order chi connectivity index (χ0) is 24.4. The number of benzene rings is 3. The van der Waals surface area contributed by atoms with Crippen molar-refractivity contribution in [3.8, 4) is 35.4 Å². The van der Waals surface area contributed by atoms with Gasteiger partial charge in [0.25, 0.3) is 5.56 Å². The highest BCUT2D eigenvalue weighted by molar-refractivity contribution is 9.10. The molecule has 0 spiro atoms. The number of para-hydroxylation sites is 2. The molecular weight excluding hydrogens is 510 g/mol. The highest BCUT2D eigenvalue weighted by atomic mass is 79.9. The van der Waals surface area contributed by atoms with Crippen molar-refractivity contribution < 1.29 is 13.9 Å². The van der Waals surface area contributed by atoms with Crippen molar-refractivity contribution in [2.75, 3.05) is 13.7 Å². The fourth-order valence-corrected chi connectivity index (χ4v) is 4.08. The predicted octanol–water partition coefficient (Wildman–Crippen LogP) is 5.48. The van der Waals surface area contributed by atoms with Gasteiger partial charge in [0.2, 0.25) is 5.82 Å². The molecule has 0 fully saturated rings. The van der Waals surface area contributed by atoms with Gasteiger partial charge in [-0.3, -0.25) is 4.79 Å². The Balaban J connectivity index is 1.70. The number of fused-ring (bicyclic) bond motifs is 2. The first-order valence-electron chi connectivity index (χ1n) is 10.6. The van der Waals surface area contributed by atoms with Crippen LogP contribution in [0.3, 0.4) is 0 Å². The highest BCUT2D eigenvalue weighted by Gasteiger charge is 2.17. The zero-order valence-electron chi connectivity index (χ0n) is 18.6. The number of ether oxygens (including phenoxy) is 2. The van der Waals surface area contributed by atoms with E-state index in [9.17, 15) is 4.79 Å². The van der Waals surface area contributed by atoms with Gasteiger partial charge in [0.05, 0.1) is 24.2 Å². The molecule has 2 aromatic heterocycles. The number of halogens is 1. The van der Waals surface area contributed by atoms with E-state index in [4.69, 9.17) is 25.3 Å². The molecule has 8 heteroatoms. The second kappa shape index (κ2) is 9.49. The quantitative estimate of drug-likeness (QED) is 0.216. The summed E-state index contributed by atoms with van der Waals surface area (Å²) in [4.78, 5) is 18.2. The molecule has 0 saturated carbocycles. The van der Waals surface area contributed by atoms with Crippen LogP contribution < -0.4 is 15.0 Å². The molecule has 0 radical (unpaired) electrons. The molecule has 172 valence electrons. The average molecular weight is 528 g/mol. The van der Waals surface area contributed by atoms with Crippen LogP contribution in [0.15, 0.2) is 85.5 Å². The van der Waals surface area contributed by atoms with Crippen LogP contribution in [0.4, 0.5) is 0 Å². The monoisotopic (exact) mass is 527 g/mol. The van der Waals surface area contributed by atoms with Crippen molar-refractivity contribution in [3.05, 3.63) is 87.1 Å². The molecule has 0 saturated heterocycles. The molecule has 0 N–H and O–H groups in total. The summed E-state index contributed by atoms with van der Waals surface area (Å²) < 4.78 is 19.3. The van der Waals surface area contributed by atoms with E-state index < -0.39 is 0 Å². The summed E-state index contributed by atoms with van der Waals surface area (Å²) in [5.74, 6) is 4.04. The van der Waals surface area contributed by atoms with Gasteiger partial charge < -0.3 is 13.9 Å². The highest BCUT2D eigenvalue weighted by Crippen LogP contribution is 2.31. The normalized spacial score (nSPS) is 11.2. The Kier molecular flexibility index (Phi) is 6.08. The Morgan fingerprint density at radius 3 is 2.86 bits per heavy atom. The lowest BCUT2D eigenvalue weighted by atomic mass is 10.2. The third kappa shape index (κ3) is 4.29. The molecule has 0 atom stereocenters. The van der Waals surface area contributed by atoms with Crippen LogP contribution in [-0.4, -0.2) is 29.6 Å². The maximum Gasteiger partial charge on any atom is 0.282 e. The number of nitrogens with zero attached hydrogens (tertiary/aromatic N) is 3. The van der Waals surface area contributed by atoms with Crippen molar-refractivity contribution in [1.29, 1.82) is 0 Å². The summed E-state index contributed by atoms with van der Waals surface area (Å²) in [5.41, 5.74) is 1.45. The molecule has 0 unspecified atom stereocenters. The first-order chi connectivity index (χ1) is 17.1. The van der Waals surface area contributed by atoms with E-state index >= 15 is 0 Å². The summed E-state index contributed by atoms with van der Waals surface area (Å²) in [6.07, 6.45) is 6.87. The van der Waals surface area contributed by atoms with Gasteiger partial charge in [-0.15, -0.1) is 6.42 Å². The third-order valence-electron chi connectivity index (χ3n) is 5.29. The smallest absolute Gasteiger partial charge is 0.282 e. The third-order valence-corrected chi connectivity index (χ3v) is 5.79. The molecule has 0 bridgehead atoms. The molecule has 35 heavy (non-hydrogen) atoms. The molecule has 3 aromatic carbocycles. The molecule has 7 nitrogen and oxygen atoms in total. The van der Waals surface area contributed by atoms with Crippen LogP contribution in [0, 0.1) is 12.3 Å². The van der Waals surface area contributed by atoms with Gasteiger partial charge >= 0.3 is 0 Å². The number of hydrogen-bond acceptors (Lipinski definition) is 6. The van der Waals surface area contributed by atoms with Crippen LogP contribution in [0.1, 0.15) is 5.56 Å². The molecule has 0 aliphatic rings. The minimum Gasteiger partial charge on any atom is -0.493 e. The van der Waals surface area contributed by atoms with E-state index in [1.54, 1.807) is 36.4 Å². The lowest BCUT2D eigenvalue weighted by molar-refractivity contribution is 0.330. The first kappa shape index (κ1) is 22.4. The maximum absolute atomic E-state index is 13.5. The maximum atomic E-state index is 13.5. The molecule has 5 rings (SSSR count). The fraction of sp³-hybridized carbons (Fsp3) is 0.0741. The molecule has 2 heterocycles. The predicted molar refractivity (Wildman–Crippen MR) is 139 cm³/mol. The Bertz CT molecular complexity index is 1700. The van der Waals surface area contributed by atoms with Gasteiger partial charge in [-0.05, 0) is 48.5 Å². The Morgan fingerprint density at radius 2 is 2.03 bits per heavy atom. The van der Waals surface area contributed by atoms with E-state index in [0.29, 0.717) is 39.3 Å². The zero-order valence-corrected chi connectivity index (χ0v) is 20.2. The van der Waals surface area contributed by atoms with Gasteiger partial charge in [-0.25, -0.2) is 4.98 Å². The van der Waals surface area contributed by atoms with Crippen LogP contribution in [0.2, 0.25) is 0 Å². The lowest BCUT2D eigenvalue weighted by Crippen LogP contribution is -2.20. The molecule has 0 amide bonds. The van der Waals surface area contributed by atoms with E-state index in [-0.39, 0.29) is 18.0 Å².